The van der Waals surface area contributed by atoms with Crippen molar-refractivity contribution in [3.05, 3.63) is 71.3 Å². The van der Waals surface area contributed by atoms with E-state index in [-0.39, 0.29) is 18.0 Å². The second-order valence-electron chi connectivity index (χ2n) is 8.82. The number of hydrogen-bond acceptors (Lipinski definition) is 3. The van der Waals surface area contributed by atoms with E-state index in [1.807, 2.05) is 6.07 Å². The first-order valence-corrected chi connectivity index (χ1v) is 11.3. The number of alkyl halides is 3. The summed E-state index contributed by atoms with van der Waals surface area (Å²) in [7, 11) is 0. The van der Waals surface area contributed by atoms with Crippen LogP contribution >= 0.6 is 0 Å². The zero-order valence-electron chi connectivity index (χ0n) is 18.2. The van der Waals surface area contributed by atoms with Gasteiger partial charge in [-0.3, -0.25) is 9.69 Å². The van der Waals surface area contributed by atoms with Crippen LogP contribution in [0.1, 0.15) is 42.4 Å². The van der Waals surface area contributed by atoms with Crippen molar-refractivity contribution in [2.45, 2.75) is 57.0 Å². The lowest BCUT2D eigenvalue weighted by Crippen LogP contribution is -2.44. The Morgan fingerprint density at radius 1 is 1.00 bits per heavy atom. The Balaban J connectivity index is 1.26. The van der Waals surface area contributed by atoms with E-state index >= 15 is 0 Å². The van der Waals surface area contributed by atoms with Crippen LogP contribution in [0.4, 0.5) is 13.2 Å². The van der Waals surface area contributed by atoms with E-state index in [9.17, 15) is 18.0 Å². The summed E-state index contributed by atoms with van der Waals surface area (Å²) >= 11 is 0. The summed E-state index contributed by atoms with van der Waals surface area (Å²) < 4.78 is 38.6. The molecule has 2 heterocycles. The third-order valence-corrected chi connectivity index (χ3v) is 6.50. The van der Waals surface area contributed by atoms with Gasteiger partial charge in [0.15, 0.2) is 0 Å². The Morgan fingerprint density at radius 3 is 2.56 bits per heavy atom. The van der Waals surface area contributed by atoms with Gasteiger partial charge in [0, 0.05) is 44.7 Å². The van der Waals surface area contributed by atoms with Gasteiger partial charge in [0.2, 0.25) is 5.91 Å². The predicted octanol–water partition coefficient (Wildman–Crippen LogP) is 4.45. The Labute approximate surface area is 187 Å². The molecule has 2 aliphatic heterocycles. The van der Waals surface area contributed by atoms with E-state index in [0.717, 1.165) is 45.0 Å². The lowest BCUT2D eigenvalue weighted by Gasteiger charge is -2.31. The van der Waals surface area contributed by atoms with Gasteiger partial charge in [0.05, 0.1) is 5.56 Å². The molecular formula is C25H30F3N3O. The molecule has 2 saturated heterocycles. The quantitative estimate of drug-likeness (QED) is 0.610. The Hall–Kier alpha value is -2.38. The SMILES string of the molecule is O=C1CC[C@H](CCNCc2cccc(C(F)(F)F)c2)N1[C@H]1CCN(Cc2ccccc2)C1. The van der Waals surface area contributed by atoms with E-state index in [4.69, 9.17) is 0 Å². The van der Waals surface area contributed by atoms with Crippen molar-refractivity contribution >= 4 is 5.91 Å². The van der Waals surface area contributed by atoms with Crippen molar-refractivity contribution in [3.8, 4) is 0 Å². The van der Waals surface area contributed by atoms with Crippen LogP contribution in [0.25, 0.3) is 0 Å². The van der Waals surface area contributed by atoms with Gasteiger partial charge in [-0.2, -0.15) is 13.2 Å². The lowest BCUT2D eigenvalue weighted by atomic mass is 10.1. The molecule has 2 aromatic carbocycles. The van der Waals surface area contributed by atoms with Crippen LogP contribution in [0.5, 0.6) is 0 Å². The topological polar surface area (TPSA) is 35.6 Å². The molecule has 4 rings (SSSR count). The molecule has 0 radical (unpaired) electrons. The number of nitrogens with one attached hydrogen (secondary N) is 1. The molecule has 2 aliphatic rings. The second kappa shape index (κ2) is 10.0. The molecule has 1 amide bonds. The molecule has 2 atom stereocenters. The Bertz CT molecular complexity index is 903. The molecule has 4 nitrogen and oxygen atoms in total. The maximum absolute atomic E-state index is 12.9. The van der Waals surface area contributed by atoms with Crippen molar-refractivity contribution in [2.75, 3.05) is 19.6 Å². The van der Waals surface area contributed by atoms with Gasteiger partial charge < -0.3 is 10.2 Å². The first kappa shape index (κ1) is 22.8. The summed E-state index contributed by atoms with van der Waals surface area (Å²) in [6.45, 7) is 3.85. The molecule has 32 heavy (non-hydrogen) atoms. The molecule has 7 heteroatoms. The smallest absolute Gasteiger partial charge is 0.335 e. The minimum Gasteiger partial charge on any atom is -0.335 e. The Morgan fingerprint density at radius 2 is 1.78 bits per heavy atom. The third-order valence-electron chi connectivity index (χ3n) is 6.50. The molecule has 2 aromatic rings. The molecule has 0 saturated carbocycles. The zero-order valence-corrected chi connectivity index (χ0v) is 18.2. The van der Waals surface area contributed by atoms with Crippen LogP contribution in [-0.4, -0.2) is 47.4 Å². The van der Waals surface area contributed by atoms with Crippen molar-refractivity contribution in [3.63, 3.8) is 0 Å². The van der Waals surface area contributed by atoms with E-state index < -0.39 is 11.7 Å². The van der Waals surface area contributed by atoms with Crippen LogP contribution in [0.3, 0.4) is 0 Å². The monoisotopic (exact) mass is 445 g/mol. The van der Waals surface area contributed by atoms with Gasteiger partial charge in [-0.25, -0.2) is 0 Å². The number of halogens is 3. The van der Waals surface area contributed by atoms with Crippen molar-refractivity contribution in [2.24, 2.45) is 0 Å². The molecule has 1 N–H and O–H groups in total. The number of nitrogens with zero attached hydrogens (tertiary/aromatic N) is 2. The van der Waals surface area contributed by atoms with E-state index in [2.05, 4.69) is 39.4 Å². The summed E-state index contributed by atoms with van der Waals surface area (Å²) in [5, 5.41) is 3.26. The number of hydrogen-bond donors (Lipinski definition) is 1. The van der Waals surface area contributed by atoms with Gasteiger partial charge in [-0.05, 0) is 43.0 Å². The maximum Gasteiger partial charge on any atom is 0.416 e. The predicted molar refractivity (Wildman–Crippen MR) is 118 cm³/mol. The van der Waals surface area contributed by atoms with Gasteiger partial charge in [0.25, 0.3) is 0 Å². The Kier molecular flexibility index (Phi) is 7.16. The average molecular weight is 446 g/mol. The number of carbonyl (C=O) groups excluding carboxylic acids is 1. The minimum absolute atomic E-state index is 0.207. The zero-order chi connectivity index (χ0) is 22.6. The first-order chi connectivity index (χ1) is 15.4. The van der Waals surface area contributed by atoms with Crippen LogP contribution in [-0.2, 0) is 24.1 Å². The molecule has 172 valence electrons. The standard InChI is InChI=1S/C25H30F3N3O/c26-25(27,28)21-8-4-7-20(15-21)16-29-13-11-22-9-10-24(32)31(22)23-12-14-30(18-23)17-19-5-2-1-3-6-19/h1-8,15,22-23,29H,9-14,16-18H2/t22-,23+/m1/s1. The van der Waals surface area contributed by atoms with Crippen molar-refractivity contribution < 1.29 is 18.0 Å². The third kappa shape index (κ3) is 5.70. The van der Waals surface area contributed by atoms with Crippen LogP contribution in [0.15, 0.2) is 54.6 Å². The fraction of sp³-hybridized carbons (Fsp3) is 0.480. The van der Waals surface area contributed by atoms with E-state index in [1.54, 1.807) is 6.07 Å². The molecule has 0 unspecified atom stereocenters. The average Bonchev–Trinajstić information content (AvgIpc) is 3.37. The first-order valence-electron chi connectivity index (χ1n) is 11.3. The minimum atomic E-state index is -4.32. The summed E-state index contributed by atoms with van der Waals surface area (Å²) in [5.74, 6) is 0.236. The maximum atomic E-state index is 12.9. The second-order valence-corrected chi connectivity index (χ2v) is 8.82. The van der Waals surface area contributed by atoms with E-state index in [0.29, 0.717) is 25.1 Å². The number of carbonyl (C=O) groups is 1. The van der Waals surface area contributed by atoms with Gasteiger partial charge in [-0.1, -0.05) is 48.5 Å². The van der Waals surface area contributed by atoms with Gasteiger partial charge >= 0.3 is 6.18 Å². The lowest BCUT2D eigenvalue weighted by molar-refractivity contribution is -0.137. The highest BCUT2D eigenvalue weighted by Crippen LogP contribution is 2.30. The van der Waals surface area contributed by atoms with Crippen LogP contribution in [0.2, 0.25) is 0 Å². The molecule has 0 aliphatic carbocycles. The highest BCUT2D eigenvalue weighted by Gasteiger charge is 2.38. The fourth-order valence-corrected chi connectivity index (χ4v) is 4.93. The largest absolute Gasteiger partial charge is 0.416 e. The van der Waals surface area contributed by atoms with Crippen molar-refractivity contribution in [1.82, 2.24) is 15.1 Å². The highest BCUT2D eigenvalue weighted by atomic mass is 19.4. The summed E-state index contributed by atoms with van der Waals surface area (Å²) in [5.41, 5.74) is 1.29. The van der Waals surface area contributed by atoms with E-state index in [1.165, 1.54) is 17.7 Å². The van der Waals surface area contributed by atoms with Crippen LogP contribution in [0, 0.1) is 0 Å². The highest BCUT2D eigenvalue weighted by molar-refractivity contribution is 5.79. The molecule has 2 fully saturated rings. The molecule has 0 aromatic heterocycles. The van der Waals surface area contributed by atoms with Gasteiger partial charge in [0.1, 0.15) is 0 Å². The molecular weight excluding hydrogens is 415 g/mol. The normalized spacial score (nSPS) is 22.1. The summed E-state index contributed by atoms with van der Waals surface area (Å²) in [4.78, 5) is 17.1. The molecule has 0 spiro atoms. The summed E-state index contributed by atoms with van der Waals surface area (Å²) in [6, 6.07) is 16.3. The summed E-state index contributed by atoms with van der Waals surface area (Å²) in [6.07, 6.45) is -1.06. The number of likely N-dealkylation sites (tertiary alicyclic amines) is 2. The number of rotatable bonds is 8. The van der Waals surface area contributed by atoms with Gasteiger partial charge in [-0.15, -0.1) is 0 Å². The number of benzene rings is 2. The molecule has 0 bridgehead atoms. The van der Waals surface area contributed by atoms with Crippen molar-refractivity contribution in [1.29, 1.82) is 0 Å². The fourth-order valence-electron chi connectivity index (χ4n) is 4.93. The number of amides is 1. The van der Waals surface area contributed by atoms with Crippen LogP contribution < -0.4 is 5.32 Å².